The van der Waals surface area contributed by atoms with Crippen LogP contribution in [0, 0.1) is 6.92 Å². The number of amides is 1. The van der Waals surface area contributed by atoms with Crippen LogP contribution in [0.15, 0.2) is 85.3 Å². The second-order valence-corrected chi connectivity index (χ2v) is 8.91. The lowest BCUT2D eigenvalue weighted by Gasteiger charge is -2.29. The maximum atomic E-state index is 11.9. The lowest BCUT2D eigenvalue weighted by Crippen LogP contribution is -2.30. The molecule has 36 heavy (non-hydrogen) atoms. The lowest BCUT2D eigenvalue weighted by atomic mass is 10.0. The Kier molecular flexibility index (Phi) is 6.75. The molecule has 2 atom stereocenters. The highest BCUT2D eigenvalue weighted by Crippen LogP contribution is 2.42. The van der Waals surface area contributed by atoms with Crippen LogP contribution >= 0.6 is 12.2 Å². The fourth-order valence-electron chi connectivity index (χ4n) is 4.41. The predicted octanol–water partition coefficient (Wildman–Crippen LogP) is 4.34. The first-order valence-electron chi connectivity index (χ1n) is 11.5. The molecule has 0 unspecified atom stereocenters. The fourth-order valence-corrected chi connectivity index (χ4v) is 4.76. The standard InChI is InChI=1S/C27H26N6O2S/c1-18-8-13-23(29-16-18)32-15-5-7-22(32)26-25(21-6-3-4-14-28-21)31-27(36)33(26)20-11-9-19(10-12-20)30-24(34)17-35-2/h3-16,25-26H,17H2,1-2H3,(H,30,34)(H,31,36)/t25-,26-/m0/s1. The molecule has 4 heterocycles. The van der Waals surface area contributed by atoms with Gasteiger partial charge in [-0.1, -0.05) is 12.1 Å². The van der Waals surface area contributed by atoms with E-state index in [4.69, 9.17) is 17.0 Å². The second kappa shape index (κ2) is 10.3. The van der Waals surface area contributed by atoms with E-state index in [0.29, 0.717) is 10.8 Å². The molecule has 3 aromatic heterocycles. The predicted molar refractivity (Wildman–Crippen MR) is 143 cm³/mol. The highest BCUT2D eigenvalue weighted by molar-refractivity contribution is 7.80. The highest BCUT2D eigenvalue weighted by Gasteiger charge is 2.42. The Hall–Kier alpha value is -4.08. The number of carbonyl (C=O) groups excluding carboxylic acids is 1. The van der Waals surface area contributed by atoms with Crippen molar-refractivity contribution in [2.75, 3.05) is 23.9 Å². The Morgan fingerprint density at radius 2 is 1.92 bits per heavy atom. The molecule has 182 valence electrons. The summed E-state index contributed by atoms with van der Waals surface area (Å²) in [7, 11) is 1.49. The fraction of sp³-hybridized carbons (Fsp3) is 0.185. The number of pyridine rings is 2. The summed E-state index contributed by atoms with van der Waals surface area (Å²) in [6.45, 7) is 2.02. The summed E-state index contributed by atoms with van der Waals surface area (Å²) < 4.78 is 6.98. The minimum Gasteiger partial charge on any atom is -0.375 e. The molecule has 1 amide bonds. The maximum absolute atomic E-state index is 11.9. The Morgan fingerprint density at radius 1 is 1.08 bits per heavy atom. The SMILES string of the molecule is COCC(=O)Nc1ccc(N2C(=S)N[C@@H](c3ccccn3)[C@@H]2c2cccn2-c2ccc(C)cn2)cc1. The van der Waals surface area contributed by atoms with E-state index in [1.54, 1.807) is 6.20 Å². The largest absolute Gasteiger partial charge is 0.375 e. The summed E-state index contributed by atoms with van der Waals surface area (Å²) in [4.78, 5) is 23.3. The first-order valence-corrected chi connectivity index (χ1v) is 12.0. The molecule has 1 aliphatic heterocycles. The van der Waals surface area contributed by atoms with Crippen LogP contribution in [-0.4, -0.2) is 39.3 Å². The van der Waals surface area contributed by atoms with Gasteiger partial charge in [0.05, 0.1) is 11.7 Å². The number of carbonyl (C=O) groups is 1. The zero-order chi connectivity index (χ0) is 25.1. The Bertz CT molecular complexity index is 1360. The third kappa shape index (κ3) is 4.71. The van der Waals surface area contributed by atoms with Crippen molar-refractivity contribution in [3.63, 3.8) is 0 Å². The van der Waals surface area contributed by atoms with Crippen LogP contribution in [-0.2, 0) is 9.53 Å². The Labute approximate surface area is 215 Å². The molecule has 5 rings (SSSR count). The van der Waals surface area contributed by atoms with E-state index in [9.17, 15) is 4.79 Å². The molecule has 9 heteroatoms. The molecule has 1 aromatic carbocycles. The van der Waals surface area contributed by atoms with Gasteiger partial charge in [-0.15, -0.1) is 0 Å². The van der Waals surface area contributed by atoms with E-state index in [-0.39, 0.29) is 24.6 Å². The van der Waals surface area contributed by atoms with E-state index < -0.39 is 0 Å². The van der Waals surface area contributed by atoms with Crippen LogP contribution in [0.3, 0.4) is 0 Å². The first-order chi connectivity index (χ1) is 17.5. The summed E-state index contributed by atoms with van der Waals surface area (Å²) in [5.41, 5.74) is 4.59. The Balaban J connectivity index is 1.55. The normalized spacial score (nSPS) is 17.2. The van der Waals surface area contributed by atoms with Crippen molar-refractivity contribution in [1.29, 1.82) is 0 Å². The molecule has 2 N–H and O–H groups in total. The number of aryl methyl sites for hydroxylation is 1. The van der Waals surface area contributed by atoms with Crippen molar-refractivity contribution < 1.29 is 9.53 Å². The number of rotatable bonds is 7. The van der Waals surface area contributed by atoms with Gasteiger partial charge in [0.15, 0.2) is 5.11 Å². The molecular weight excluding hydrogens is 472 g/mol. The van der Waals surface area contributed by atoms with Crippen LogP contribution in [0.25, 0.3) is 5.82 Å². The average Bonchev–Trinajstić information content (AvgIpc) is 3.50. The van der Waals surface area contributed by atoms with Gasteiger partial charge in [-0.3, -0.25) is 9.78 Å². The highest BCUT2D eigenvalue weighted by atomic mass is 32.1. The van der Waals surface area contributed by atoms with Crippen LogP contribution < -0.4 is 15.5 Å². The number of hydrogen-bond donors (Lipinski definition) is 2. The van der Waals surface area contributed by atoms with Gasteiger partial charge in [-0.05, 0) is 79.3 Å². The van der Waals surface area contributed by atoms with Crippen LogP contribution in [0.1, 0.15) is 29.0 Å². The molecule has 0 aliphatic carbocycles. The summed E-state index contributed by atoms with van der Waals surface area (Å²) in [5.74, 6) is 0.620. The van der Waals surface area contributed by atoms with E-state index in [1.165, 1.54) is 7.11 Å². The van der Waals surface area contributed by atoms with Crippen LogP contribution in [0.5, 0.6) is 0 Å². The number of hydrogen-bond acceptors (Lipinski definition) is 5. The number of anilines is 2. The summed E-state index contributed by atoms with van der Waals surface area (Å²) in [6, 6.07) is 21.3. The monoisotopic (exact) mass is 498 g/mol. The van der Waals surface area contributed by atoms with Gasteiger partial charge in [0.1, 0.15) is 18.5 Å². The van der Waals surface area contributed by atoms with Gasteiger partial charge in [0, 0.05) is 42.8 Å². The number of methoxy groups -OCH3 is 1. The van der Waals surface area contributed by atoms with Gasteiger partial charge in [0.2, 0.25) is 5.91 Å². The van der Waals surface area contributed by atoms with E-state index in [0.717, 1.165) is 28.5 Å². The molecular formula is C27H26N6O2S. The average molecular weight is 499 g/mol. The molecule has 1 fully saturated rings. The minimum absolute atomic E-state index is 0.000250. The molecule has 4 aromatic rings. The zero-order valence-corrected chi connectivity index (χ0v) is 20.8. The summed E-state index contributed by atoms with van der Waals surface area (Å²) >= 11 is 5.84. The van der Waals surface area contributed by atoms with Gasteiger partial charge < -0.3 is 24.8 Å². The van der Waals surface area contributed by atoms with E-state index >= 15 is 0 Å². The number of nitrogens with zero attached hydrogens (tertiary/aromatic N) is 4. The molecule has 0 spiro atoms. The number of ether oxygens (including phenoxy) is 1. The zero-order valence-electron chi connectivity index (χ0n) is 20.0. The van der Waals surface area contributed by atoms with Crippen molar-refractivity contribution in [3.8, 4) is 5.82 Å². The quantitative estimate of drug-likeness (QED) is 0.367. The third-order valence-corrected chi connectivity index (χ3v) is 6.34. The van der Waals surface area contributed by atoms with Gasteiger partial charge in [-0.2, -0.15) is 0 Å². The van der Waals surface area contributed by atoms with Gasteiger partial charge >= 0.3 is 0 Å². The summed E-state index contributed by atoms with van der Waals surface area (Å²) in [5, 5.41) is 6.90. The van der Waals surface area contributed by atoms with Crippen LogP contribution in [0.2, 0.25) is 0 Å². The summed E-state index contributed by atoms with van der Waals surface area (Å²) in [6.07, 6.45) is 5.66. The van der Waals surface area contributed by atoms with Crippen molar-refractivity contribution >= 4 is 34.6 Å². The van der Waals surface area contributed by atoms with E-state index in [2.05, 4.69) is 36.1 Å². The number of benzene rings is 1. The number of nitrogens with one attached hydrogen (secondary N) is 2. The van der Waals surface area contributed by atoms with Crippen LogP contribution in [0.4, 0.5) is 11.4 Å². The number of thiocarbonyl (C=S) groups is 1. The second-order valence-electron chi connectivity index (χ2n) is 8.52. The Morgan fingerprint density at radius 3 is 2.61 bits per heavy atom. The first kappa shape index (κ1) is 23.7. The van der Waals surface area contributed by atoms with Crippen molar-refractivity contribution in [2.45, 2.75) is 19.0 Å². The molecule has 0 radical (unpaired) electrons. The van der Waals surface area contributed by atoms with E-state index in [1.807, 2.05) is 80.0 Å². The smallest absolute Gasteiger partial charge is 0.250 e. The van der Waals surface area contributed by atoms with Crippen molar-refractivity contribution in [1.82, 2.24) is 19.9 Å². The van der Waals surface area contributed by atoms with Crippen molar-refractivity contribution in [2.24, 2.45) is 0 Å². The maximum Gasteiger partial charge on any atom is 0.250 e. The van der Waals surface area contributed by atoms with Gasteiger partial charge in [0.25, 0.3) is 0 Å². The molecule has 1 aliphatic rings. The minimum atomic E-state index is -0.208. The molecule has 1 saturated heterocycles. The third-order valence-electron chi connectivity index (χ3n) is 6.03. The van der Waals surface area contributed by atoms with Gasteiger partial charge in [-0.25, -0.2) is 4.98 Å². The topological polar surface area (TPSA) is 84.3 Å². The lowest BCUT2D eigenvalue weighted by molar-refractivity contribution is -0.119. The molecule has 8 nitrogen and oxygen atoms in total. The van der Waals surface area contributed by atoms with Crippen molar-refractivity contribution in [3.05, 3.63) is 102 Å². The molecule has 0 saturated carbocycles. The number of aromatic nitrogens is 3. The molecule has 0 bridgehead atoms.